The summed E-state index contributed by atoms with van der Waals surface area (Å²) in [7, 11) is 0. The summed E-state index contributed by atoms with van der Waals surface area (Å²) in [5.41, 5.74) is 2.85. The summed E-state index contributed by atoms with van der Waals surface area (Å²) in [5.74, 6) is -0.280. The molecule has 0 aliphatic heterocycles. The normalized spacial score (nSPS) is 10.2. The first kappa shape index (κ1) is 13.0. The van der Waals surface area contributed by atoms with Gasteiger partial charge in [-0.2, -0.15) is 5.26 Å². The number of allylic oxidation sites excluding steroid dienone is 1. The van der Waals surface area contributed by atoms with Gasteiger partial charge in [-0.1, -0.05) is 29.5 Å². The summed E-state index contributed by atoms with van der Waals surface area (Å²) < 4.78 is 14.5. The Hall–Kier alpha value is -2.48. The molecule has 0 aliphatic carbocycles. The standard InChI is InChI=1S/C14H13FN4/c1-10(2)9-19-14(13(8-16)17-18-19)7-11-3-5-12(15)6-4-11/h3-6H,1,7,9H2,2H3. The van der Waals surface area contributed by atoms with E-state index < -0.39 is 0 Å². The minimum atomic E-state index is -0.280. The van der Waals surface area contributed by atoms with Gasteiger partial charge in [0.25, 0.3) is 0 Å². The van der Waals surface area contributed by atoms with Crippen molar-refractivity contribution < 1.29 is 4.39 Å². The van der Waals surface area contributed by atoms with E-state index in [0.29, 0.717) is 18.7 Å². The van der Waals surface area contributed by atoms with Crippen molar-refractivity contribution in [3.05, 3.63) is 59.2 Å². The molecule has 1 aromatic carbocycles. The molecule has 0 bridgehead atoms. The molecule has 1 heterocycles. The number of halogens is 1. The molecule has 0 fully saturated rings. The number of nitriles is 1. The minimum Gasteiger partial charge on any atom is -0.244 e. The lowest BCUT2D eigenvalue weighted by Crippen LogP contribution is -2.07. The van der Waals surface area contributed by atoms with Crippen molar-refractivity contribution in [2.24, 2.45) is 0 Å². The molecule has 19 heavy (non-hydrogen) atoms. The SMILES string of the molecule is C=C(C)Cn1nnc(C#N)c1Cc1ccc(F)cc1. The van der Waals surface area contributed by atoms with Gasteiger partial charge in [0.2, 0.25) is 0 Å². The van der Waals surface area contributed by atoms with Gasteiger partial charge in [0, 0.05) is 6.42 Å². The zero-order valence-corrected chi connectivity index (χ0v) is 10.6. The summed E-state index contributed by atoms with van der Waals surface area (Å²) in [6.45, 7) is 6.23. The van der Waals surface area contributed by atoms with E-state index in [-0.39, 0.29) is 5.82 Å². The predicted octanol–water partition coefficient (Wildman–Crippen LogP) is 2.46. The van der Waals surface area contributed by atoms with Gasteiger partial charge < -0.3 is 0 Å². The van der Waals surface area contributed by atoms with Crippen LogP contribution in [0.25, 0.3) is 0 Å². The van der Waals surface area contributed by atoms with E-state index >= 15 is 0 Å². The molecule has 0 amide bonds. The lowest BCUT2D eigenvalue weighted by Gasteiger charge is -2.06. The molecular formula is C14H13FN4. The van der Waals surface area contributed by atoms with E-state index in [1.165, 1.54) is 12.1 Å². The lowest BCUT2D eigenvalue weighted by molar-refractivity contribution is 0.617. The Balaban J connectivity index is 2.32. The summed E-state index contributed by atoms with van der Waals surface area (Å²) in [4.78, 5) is 0. The van der Waals surface area contributed by atoms with Crippen molar-refractivity contribution in [3.8, 4) is 6.07 Å². The van der Waals surface area contributed by atoms with Gasteiger partial charge in [-0.25, -0.2) is 9.07 Å². The van der Waals surface area contributed by atoms with Crippen molar-refractivity contribution in [2.75, 3.05) is 0 Å². The third kappa shape index (κ3) is 3.05. The van der Waals surface area contributed by atoms with Crippen molar-refractivity contribution in [3.63, 3.8) is 0 Å². The third-order valence-electron chi connectivity index (χ3n) is 2.65. The molecule has 0 radical (unpaired) electrons. The number of nitrogens with zero attached hydrogens (tertiary/aromatic N) is 4. The van der Waals surface area contributed by atoms with Gasteiger partial charge in [-0.15, -0.1) is 5.10 Å². The van der Waals surface area contributed by atoms with E-state index in [9.17, 15) is 4.39 Å². The quantitative estimate of drug-likeness (QED) is 0.789. The van der Waals surface area contributed by atoms with E-state index in [2.05, 4.69) is 16.9 Å². The van der Waals surface area contributed by atoms with Crippen LogP contribution in [0.3, 0.4) is 0 Å². The Morgan fingerprint density at radius 1 is 1.42 bits per heavy atom. The Labute approximate surface area is 110 Å². The van der Waals surface area contributed by atoms with Crippen LogP contribution in [0, 0.1) is 17.1 Å². The van der Waals surface area contributed by atoms with Crippen LogP contribution in [-0.4, -0.2) is 15.0 Å². The van der Waals surface area contributed by atoms with Gasteiger partial charge in [0.1, 0.15) is 11.9 Å². The van der Waals surface area contributed by atoms with Crippen LogP contribution in [0.5, 0.6) is 0 Å². The van der Waals surface area contributed by atoms with Crippen LogP contribution < -0.4 is 0 Å². The fraction of sp³-hybridized carbons (Fsp3) is 0.214. The van der Waals surface area contributed by atoms with Crippen molar-refractivity contribution >= 4 is 0 Å². The smallest absolute Gasteiger partial charge is 0.186 e. The molecule has 0 unspecified atom stereocenters. The van der Waals surface area contributed by atoms with Gasteiger partial charge in [-0.3, -0.25) is 0 Å². The average Bonchev–Trinajstić information content (AvgIpc) is 2.74. The molecule has 2 aromatic rings. The number of hydrogen-bond donors (Lipinski definition) is 0. The summed E-state index contributed by atoms with van der Waals surface area (Å²) in [5, 5.41) is 16.8. The largest absolute Gasteiger partial charge is 0.244 e. The van der Waals surface area contributed by atoms with Crippen LogP contribution in [0.1, 0.15) is 23.9 Å². The number of hydrogen-bond acceptors (Lipinski definition) is 3. The monoisotopic (exact) mass is 256 g/mol. The second-order valence-electron chi connectivity index (χ2n) is 4.41. The summed E-state index contributed by atoms with van der Waals surface area (Å²) >= 11 is 0. The minimum absolute atomic E-state index is 0.280. The van der Waals surface area contributed by atoms with E-state index in [4.69, 9.17) is 5.26 Å². The van der Waals surface area contributed by atoms with Crippen LogP contribution >= 0.6 is 0 Å². The number of rotatable bonds is 4. The first-order chi connectivity index (χ1) is 9.10. The van der Waals surface area contributed by atoms with Crippen molar-refractivity contribution in [1.29, 1.82) is 5.26 Å². The zero-order valence-electron chi connectivity index (χ0n) is 10.6. The van der Waals surface area contributed by atoms with E-state index in [1.807, 2.05) is 13.0 Å². The summed E-state index contributed by atoms with van der Waals surface area (Å²) in [6.07, 6.45) is 0.490. The van der Waals surface area contributed by atoms with E-state index in [0.717, 1.165) is 16.8 Å². The molecule has 0 saturated carbocycles. The molecule has 0 atom stereocenters. The highest BCUT2D eigenvalue weighted by atomic mass is 19.1. The Kier molecular flexibility index (Phi) is 3.71. The fourth-order valence-corrected chi connectivity index (χ4v) is 1.77. The second-order valence-corrected chi connectivity index (χ2v) is 4.41. The number of aromatic nitrogens is 3. The van der Waals surface area contributed by atoms with Crippen molar-refractivity contribution in [2.45, 2.75) is 19.9 Å². The van der Waals surface area contributed by atoms with Crippen LogP contribution in [-0.2, 0) is 13.0 Å². The fourth-order valence-electron chi connectivity index (χ4n) is 1.77. The molecule has 5 heteroatoms. The molecule has 4 nitrogen and oxygen atoms in total. The first-order valence-corrected chi connectivity index (χ1v) is 5.81. The molecule has 0 N–H and O–H groups in total. The lowest BCUT2D eigenvalue weighted by atomic mass is 10.1. The number of benzene rings is 1. The molecular weight excluding hydrogens is 243 g/mol. The second kappa shape index (κ2) is 5.44. The maximum absolute atomic E-state index is 12.9. The van der Waals surface area contributed by atoms with Gasteiger partial charge in [0.05, 0.1) is 12.2 Å². The highest BCUT2D eigenvalue weighted by Crippen LogP contribution is 2.13. The predicted molar refractivity (Wildman–Crippen MR) is 68.8 cm³/mol. The van der Waals surface area contributed by atoms with E-state index in [1.54, 1.807) is 16.8 Å². The van der Waals surface area contributed by atoms with Gasteiger partial charge in [-0.05, 0) is 24.6 Å². The Morgan fingerprint density at radius 3 is 2.68 bits per heavy atom. The van der Waals surface area contributed by atoms with Gasteiger partial charge >= 0.3 is 0 Å². The first-order valence-electron chi connectivity index (χ1n) is 5.81. The Morgan fingerprint density at radius 2 is 2.11 bits per heavy atom. The molecule has 0 aliphatic rings. The zero-order chi connectivity index (χ0) is 13.8. The maximum atomic E-state index is 12.9. The van der Waals surface area contributed by atoms with Crippen LogP contribution in [0.2, 0.25) is 0 Å². The van der Waals surface area contributed by atoms with Crippen molar-refractivity contribution in [1.82, 2.24) is 15.0 Å². The highest BCUT2D eigenvalue weighted by molar-refractivity contribution is 5.31. The molecule has 0 spiro atoms. The molecule has 2 rings (SSSR count). The molecule has 1 aromatic heterocycles. The van der Waals surface area contributed by atoms with Gasteiger partial charge in [0.15, 0.2) is 5.69 Å². The molecule has 0 saturated heterocycles. The summed E-state index contributed by atoms with van der Waals surface area (Å²) in [6, 6.07) is 8.20. The topological polar surface area (TPSA) is 54.5 Å². The molecule has 96 valence electrons. The maximum Gasteiger partial charge on any atom is 0.186 e. The average molecular weight is 256 g/mol. The van der Waals surface area contributed by atoms with Crippen LogP contribution in [0.4, 0.5) is 4.39 Å². The third-order valence-corrected chi connectivity index (χ3v) is 2.65. The highest BCUT2D eigenvalue weighted by Gasteiger charge is 2.13. The van der Waals surface area contributed by atoms with Crippen LogP contribution in [0.15, 0.2) is 36.4 Å². The Bertz CT molecular complexity index is 634.